The van der Waals surface area contributed by atoms with E-state index in [0.29, 0.717) is 12.2 Å². The Kier molecular flexibility index (Phi) is 4.30. The van der Waals surface area contributed by atoms with Crippen molar-refractivity contribution in [1.82, 2.24) is 30.1 Å². The normalized spacial score (nSPS) is 17.2. The van der Waals surface area contributed by atoms with Crippen molar-refractivity contribution < 1.29 is 9.90 Å². The van der Waals surface area contributed by atoms with E-state index in [2.05, 4.69) is 20.5 Å². The van der Waals surface area contributed by atoms with E-state index < -0.39 is 0 Å². The van der Waals surface area contributed by atoms with E-state index >= 15 is 0 Å². The van der Waals surface area contributed by atoms with Crippen molar-refractivity contribution >= 4 is 5.91 Å². The number of aromatic nitrogens is 5. The first-order chi connectivity index (χ1) is 12.7. The molecule has 8 nitrogen and oxygen atoms in total. The van der Waals surface area contributed by atoms with Crippen LogP contribution in [0.15, 0.2) is 48.9 Å². The van der Waals surface area contributed by atoms with Crippen LogP contribution >= 0.6 is 0 Å². The molecule has 0 aliphatic carbocycles. The van der Waals surface area contributed by atoms with E-state index in [9.17, 15) is 9.90 Å². The van der Waals surface area contributed by atoms with Crippen molar-refractivity contribution in [3.8, 4) is 11.4 Å². The molecule has 0 bridgehead atoms. The van der Waals surface area contributed by atoms with Crippen LogP contribution in [-0.4, -0.2) is 47.6 Å². The number of phenols is 1. The number of likely N-dealkylation sites (tertiary alicyclic amines) is 1. The number of nitrogens with zero attached hydrogens (tertiary/aromatic N) is 6. The van der Waals surface area contributed by atoms with Gasteiger partial charge in [0.2, 0.25) is 0 Å². The van der Waals surface area contributed by atoms with Crippen LogP contribution in [0.5, 0.6) is 5.75 Å². The molecule has 4 rings (SSSR count). The lowest BCUT2D eigenvalue weighted by Crippen LogP contribution is -2.39. The third-order valence-corrected chi connectivity index (χ3v) is 4.62. The summed E-state index contributed by atoms with van der Waals surface area (Å²) in [6, 6.07) is 10.4. The molecule has 0 radical (unpaired) electrons. The van der Waals surface area contributed by atoms with Crippen molar-refractivity contribution in [3.63, 3.8) is 0 Å². The molecule has 26 heavy (non-hydrogen) atoms. The Balaban J connectivity index is 1.68. The summed E-state index contributed by atoms with van der Waals surface area (Å²) in [4.78, 5) is 19.4. The Hall–Kier alpha value is -3.29. The second kappa shape index (κ2) is 6.91. The summed E-state index contributed by atoms with van der Waals surface area (Å²) in [6.45, 7) is 0.634. The van der Waals surface area contributed by atoms with Gasteiger partial charge in [0.1, 0.15) is 12.1 Å². The third-order valence-electron chi connectivity index (χ3n) is 4.62. The number of rotatable bonds is 3. The maximum absolute atomic E-state index is 13.2. The zero-order chi connectivity index (χ0) is 17.9. The minimum absolute atomic E-state index is 0.0582. The van der Waals surface area contributed by atoms with Crippen LogP contribution in [0.3, 0.4) is 0 Å². The van der Waals surface area contributed by atoms with Gasteiger partial charge in [-0.1, -0.05) is 6.07 Å². The largest absolute Gasteiger partial charge is 0.507 e. The topological polar surface area (TPSA) is 97.0 Å². The number of phenolic OH excluding ortho intramolecular Hbond substituents is 1. The number of amides is 1. The Morgan fingerprint density at radius 2 is 2.12 bits per heavy atom. The number of pyridine rings is 1. The van der Waals surface area contributed by atoms with Crippen LogP contribution in [0.25, 0.3) is 5.69 Å². The molecule has 1 aromatic carbocycles. The molecule has 1 atom stereocenters. The third kappa shape index (κ3) is 3.01. The van der Waals surface area contributed by atoms with E-state index in [4.69, 9.17) is 0 Å². The van der Waals surface area contributed by atoms with Crippen LogP contribution in [0.1, 0.15) is 41.4 Å². The average Bonchev–Trinajstić information content (AvgIpc) is 3.23. The molecule has 1 aliphatic heterocycles. The maximum atomic E-state index is 13.2. The molecule has 1 aliphatic rings. The average molecular weight is 350 g/mol. The Morgan fingerprint density at radius 1 is 1.19 bits per heavy atom. The standard InChI is InChI=1S/C18H18N6O2/c25-17-8-7-13(24-12-20-21-22-24)11-14(17)18(26)23-10-4-2-6-16(23)15-5-1-3-9-19-15/h1,3,5,7-9,11-12,16,25H,2,4,6,10H2/t16-/m1/s1. The fraction of sp³-hybridized carbons (Fsp3) is 0.278. The quantitative estimate of drug-likeness (QED) is 0.777. The molecular formula is C18H18N6O2. The first-order valence-corrected chi connectivity index (χ1v) is 8.52. The van der Waals surface area contributed by atoms with Crippen molar-refractivity contribution in [2.45, 2.75) is 25.3 Å². The second-order valence-electron chi connectivity index (χ2n) is 6.22. The lowest BCUT2D eigenvalue weighted by molar-refractivity contribution is 0.0603. The number of tetrazole rings is 1. The summed E-state index contributed by atoms with van der Waals surface area (Å²) >= 11 is 0. The van der Waals surface area contributed by atoms with Crippen LogP contribution in [0, 0.1) is 0 Å². The lowest BCUT2D eigenvalue weighted by Gasteiger charge is -2.35. The van der Waals surface area contributed by atoms with Gasteiger partial charge in [0.15, 0.2) is 0 Å². The fourth-order valence-corrected chi connectivity index (χ4v) is 3.33. The van der Waals surface area contributed by atoms with Gasteiger partial charge in [-0.3, -0.25) is 9.78 Å². The highest BCUT2D eigenvalue weighted by Crippen LogP contribution is 2.33. The molecule has 0 spiro atoms. The van der Waals surface area contributed by atoms with Gasteiger partial charge in [-0.15, -0.1) is 5.10 Å². The zero-order valence-corrected chi connectivity index (χ0v) is 14.1. The molecular weight excluding hydrogens is 332 g/mol. The summed E-state index contributed by atoms with van der Waals surface area (Å²) < 4.78 is 1.45. The van der Waals surface area contributed by atoms with Gasteiger partial charge in [0, 0.05) is 12.7 Å². The number of benzene rings is 1. The number of carbonyl (C=O) groups is 1. The Morgan fingerprint density at radius 3 is 2.88 bits per heavy atom. The molecule has 132 valence electrons. The highest BCUT2D eigenvalue weighted by atomic mass is 16.3. The highest BCUT2D eigenvalue weighted by molar-refractivity contribution is 5.97. The van der Waals surface area contributed by atoms with E-state index in [1.807, 2.05) is 18.2 Å². The van der Waals surface area contributed by atoms with Crippen LogP contribution in [0.2, 0.25) is 0 Å². The minimum atomic E-state index is -0.215. The molecule has 3 aromatic rings. The van der Waals surface area contributed by atoms with E-state index in [0.717, 1.165) is 25.0 Å². The van der Waals surface area contributed by atoms with Crippen molar-refractivity contribution in [2.24, 2.45) is 0 Å². The molecule has 2 aromatic heterocycles. The van der Waals surface area contributed by atoms with Crippen LogP contribution in [0.4, 0.5) is 0 Å². The van der Waals surface area contributed by atoms with Gasteiger partial charge in [-0.05, 0) is 60.0 Å². The molecule has 3 heterocycles. The van der Waals surface area contributed by atoms with E-state index in [-0.39, 0.29) is 23.3 Å². The summed E-state index contributed by atoms with van der Waals surface area (Å²) in [7, 11) is 0. The van der Waals surface area contributed by atoms with Gasteiger partial charge in [-0.2, -0.15) is 0 Å². The van der Waals surface area contributed by atoms with E-state index in [1.54, 1.807) is 23.2 Å². The first kappa shape index (κ1) is 16.2. The molecule has 1 N–H and O–H groups in total. The van der Waals surface area contributed by atoms with Gasteiger partial charge in [0.25, 0.3) is 5.91 Å². The fourth-order valence-electron chi connectivity index (χ4n) is 3.33. The Bertz CT molecular complexity index is 897. The van der Waals surface area contributed by atoms with E-state index in [1.165, 1.54) is 17.1 Å². The Labute approximate surface area is 150 Å². The maximum Gasteiger partial charge on any atom is 0.258 e. The summed E-state index contributed by atoms with van der Waals surface area (Å²) in [6.07, 6.45) is 6.01. The SMILES string of the molecule is O=C(c1cc(-n2cnnn2)ccc1O)N1CCCC[C@@H]1c1ccccn1. The zero-order valence-electron chi connectivity index (χ0n) is 14.1. The molecule has 0 saturated carbocycles. The number of piperidine rings is 1. The first-order valence-electron chi connectivity index (χ1n) is 8.52. The van der Waals surface area contributed by atoms with Gasteiger partial charge in [0.05, 0.1) is 23.0 Å². The number of hydrogen-bond acceptors (Lipinski definition) is 6. The molecule has 1 amide bonds. The van der Waals surface area contributed by atoms with Crippen molar-refractivity contribution in [1.29, 1.82) is 0 Å². The molecule has 0 unspecified atom stereocenters. The highest BCUT2D eigenvalue weighted by Gasteiger charge is 2.30. The smallest absolute Gasteiger partial charge is 0.258 e. The van der Waals surface area contributed by atoms with Crippen LogP contribution < -0.4 is 0 Å². The predicted molar refractivity (Wildman–Crippen MR) is 92.7 cm³/mol. The number of carbonyl (C=O) groups excluding carboxylic acids is 1. The van der Waals surface area contributed by atoms with Crippen molar-refractivity contribution in [2.75, 3.05) is 6.54 Å². The van der Waals surface area contributed by atoms with Gasteiger partial charge < -0.3 is 10.0 Å². The molecule has 1 fully saturated rings. The summed E-state index contributed by atoms with van der Waals surface area (Å²) in [5.41, 5.74) is 1.72. The van der Waals surface area contributed by atoms with Gasteiger partial charge in [-0.25, -0.2) is 4.68 Å². The van der Waals surface area contributed by atoms with Crippen LogP contribution in [-0.2, 0) is 0 Å². The predicted octanol–water partition coefficient (Wildman–Crippen LogP) is 2.13. The second-order valence-corrected chi connectivity index (χ2v) is 6.22. The summed E-state index contributed by atoms with van der Waals surface area (Å²) in [5.74, 6) is -0.273. The van der Waals surface area contributed by atoms with Crippen molar-refractivity contribution in [3.05, 3.63) is 60.2 Å². The minimum Gasteiger partial charge on any atom is -0.507 e. The molecule has 8 heteroatoms. The monoisotopic (exact) mass is 350 g/mol. The molecule has 1 saturated heterocycles. The number of hydrogen-bond donors (Lipinski definition) is 1. The van der Waals surface area contributed by atoms with Gasteiger partial charge >= 0.3 is 0 Å². The summed E-state index contributed by atoms with van der Waals surface area (Å²) in [5, 5.41) is 21.3. The lowest BCUT2D eigenvalue weighted by atomic mass is 9.97. The number of aromatic hydroxyl groups is 1.